The normalized spacial score (nSPS) is 23.5. The second-order valence-corrected chi connectivity index (χ2v) is 7.00. The van der Waals surface area contributed by atoms with Gasteiger partial charge in [0.15, 0.2) is 0 Å². The van der Waals surface area contributed by atoms with Gasteiger partial charge >= 0.3 is 0 Å². The lowest BCUT2D eigenvalue weighted by molar-refractivity contribution is 0.102. The van der Waals surface area contributed by atoms with Gasteiger partial charge in [0.25, 0.3) is 0 Å². The molecule has 1 aromatic rings. The molecule has 0 bridgehead atoms. The largest absolute Gasteiger partial charge is 0.329 e. The van der Waals surface area contributed by atoms with Crippen molar-refractivity contribution in [1.82, 2.24) is 9.80 Å². The van der Waals surface area contributed by atoms with Crippen LogP contribution in [0.5, 0.6) is 0 Å². The highest BCUT2D eigenvalue weighted by atomic mass is 79.9. The van der Waals surface area contributed by atoms with Crippen molar-refractivity contribution in [2.75, 3.05) is 33.7 Å². The Hall–Kier alpha value is 0.0600. The van der Waals surface area contributed by atoms with Crippen LogP contribution in [-0.4, -0.2) is 49.6 Å². The van der Waals surface area contributed by atoms with Crippen LogP contribution in [0.2, 0.25) is 0 Å². The average molecular weight is 332 g/mol. The fourth-order valence-electron chi connectivity index (χ4n) is 2.71. The molecular weight excluding hydrogens is 310 g/mol. The first kappa shape index (κ1) is 14.5. The van der Waals surface area contributed by atoms with E-state index in [0.29, 0.717) is 18.6 Å². The van der Waals surface area contributed by atoms with Crippen LogP contribution in [0, 0.1) is 0 Å². The molecular formula is C13H22BrN3S. The molecule has 0 spiro atoms. The summed E-state index contributed by atoms with van der Waals surface area (Å²) < 4.78 is 1.16. The zero-order valence-corrected chi connectivity index (χ0v) is 13.5. The fraction of sp³-hybridized carbons (Fsp3) is 0.692. The third-order valence-electron chi connectivity index (χ3n) is 3.81. The minimum absolute atomic E-state index is 0.345. The van der Waals surface area contributed by atoms with E-state index >= 15 is 0 Å². The second kappa shape index (κ2) is 6.48. The van der Waals surface area contributed by atoms with Crippen molar-refractivity contribution in [1.29, 1.82) is 0 Å². The predicted octanol–water partition coefficient (Wildman–Crippen LogP) is 2.54. The van der Waals surface area contributed by atoms with Gasteiger partial charge in [0.1, 0.15) is 0 Å². The Labute approximate surface area is 122 Å². The predicted molar refractivity (Wildman–Crippen MR) is 82.1 cm³/mol. The molecule has 3 nitrogen and oxygen atoms in total. The summed E-state index contributed by atoms with van der Waals surface area (Å²) in [6.07, 6.45) is 2.57. The zero-order valence-electron chi connectivity index (χ0n) is 11.1. The van der Waals surface area contributed by atoms with Gasteiger partial charge in [0.2, 0.25) is 0 Å². The Bertz CT molecular complexity index is 382. The van der Waals surface area contributed by atoms with Gasteiger partial charge in [-0.25, -0.2) is 0 Å². The van der Waals surface area contributed by atoms with Crippen molar-refractivity contribution in [3.05, 3.63) is 20.8 Å². The number of nitrogens with two attached hydrogens (primary N) is 1. The lowest BCUT2D eigenvalue weighted by atomic mass is 10.0. The van der Waals surface area contributed by atoms with Crippen LogP contribution in [0.25, 0.3) is 0 Å². The number of rotatable bonds is 4. The van der Waals surface area contributed by atoms with Gasteiger partial charge < -0.3 is 10.6 Å². The molecule has 1 aliphatic heterocycles. The molecule has 2 N–H and O–H groups in total. The number of nitrogens with zero attached hydrogens (tertiary/aromatic N) is 2. The highest BCUT2D eigenvalue weighted by molar-refractivity contribution is 9.10. The summed E-state index contributed by atoms with van der Waals surface area (Å²) in [4.78, 5) is 6.25. The SMILES string of the molecule is CN1CCCC(N(C)C(CN)c2cc(Br)cs2)C1. The number of hydrogen-bond acceptors (Lipinski definition) is 4. The third kappa shape index (κ3) is 3.33. The molecule has 0 radical (unpaired) electrons. The van der Waals surface area contributed by atoms with Crippen LogP contribution < -0.4 is 5.73 Å². The number of likely N-dealkylation sites (N-methyl/N-ethyl adjacent to an activating group) is 2. The highest BCUT2D eigenvalue weighted by Crippen LogP contribution is 2.30. The van der Waals surface area contributed by atoms with E-state index in [1.54, 1.807) is 11.3 Å². The Kier molecular flexibility index (Phi) is 5.21. The molecule has 5 heteroatoms. The molecule has 1 fully saturated rings. The maximum atomic E-state index is 5.99. The fourth-order valence-corrected chi connectivity index (χ4v) is 4.32. The Morgan fingerprint density at radius 3 is 3.00 bits per heavy atom. The van der Waals surface area contributed by atoms with Crippen LogP contribution in [0.3, 0.4) is 0 Å². The molecule has 0 saturated carbocycles. The molecule has 2 atom stereocenters. The van der Waals surface area contributed by atoms with Crippen molar-refractivity contribution in [2.24, 2.45) is 5.73 Å². The second-order valence-electron chi connectivity index (χ2n) is 5.14. The number of halogens is 1. The highest BCUT2D eigenvalue weighted by Gasteiger charge is 2.27. The Balaban J connectivity index is 2.07. The molecule has 1 aliphatic rings. The van der Waals surface area contributed by atoms with Gasteiger partial charge in [0.05, 0.1) is 6.04 Å². The van der Waals surface area contributed by atoms with E-state index in [1.165, 1.54) is 24.3 Å². The van der Waals surface area contributed by atoms with Crippen LogP contribution in [0.1, 0.15) is 23.8 Å². The summed E-state index contributed by atoms with van der Waals surface area (Å²) in [5, 5.41) is 2.14. The van der Waals surface area contributed by atoms with Crippen molar-refractivity contribution in [2.45, 2.75) is 24.9 Å². The Morgan fingerprint density at radius 1 is 1.67 bits per heavy atom. The van der Waals surface area contributed by atoms with Gasteiger partial charge in [-0.2, -0.15) is 0 Å². The summed E-state index contributed by atoms with van der Waals surface area (Å²) in [7, 11) is 4.42. The van der Waals surface area contributed by atoms with Crippen molar-refractivity contribution in [3.63, 3.8) is 0 Å². The molecule has 2 rings (SSSR count). The zero-order chi connectivity index (χ0) is 13.1. The van der Waals surface area contributed by atoms with E-state index < -0.39 is 0 Å². The summed E-state index contributed by atoms with van der Waals surface area (Å²) in [6, 6.07) is 3.17. The topological polar surface area (TPSA) is 32.5 Å². The standard InChI is InChI=1S/C13H22BrN3S/c1-16-5-3-4-11(8-16)17(2)12(7-15)13-6-10(14)9-18-13/h6,9,11-12H,3-5,7-8,15H2,1-2H3. The van der Waals surface area contributed by atoms with E-state index in [2.05, 4.69) is 51.3 Å². The third-order valence-corrected chi connectivity index (χ3v) is 5.60. The number of hydrogen-bond donors (Lipinski definition) is 1. The first-order chi connectivity index (χ1) is 8.61. The van der Waals surface area contributed by atoms with Gasteiger partial charge in [-0.15, -0.1) is 11.3 Å². The number of piperidine rings is 1. The minimum Gasteiger partial charge on any atom is -0.329 e. The van der Waals surface area contributed by atoms with Crippen molar-refractivity contribution >= 4 is 27.3 Å². The average Bonchev–Trinajstić information content (AvgIpc) is 2.76. The van der Waals surface area contributed by atoms with E-state index in [1.807, 2.05) is 0 Å². The quantitative estimate of drug-likeness (QED) is 0.920. The smallest absolute Gasteiger partial charge is 0.0565 e. The van der Waals surface area contributed by atoms with Gasteiger partial charge in [-0.3, -0.25) is 4.90 Å². The van der Waals surface area contributed by atoms with E-state index in [0.717, 1.165) is 11.0 Å². The minimum atomic E-state index is 0.345. The summed E-state index contributed by atoms with van der Waals surface area (Å²) in [6.45, 7) is 3.06. The first-order valence-electron chi connectivity index (χ1n) is 6.46. The molecule has 102 valence electrons. The van der Waals surface area contributed by atoms with Gasteiger partial charge in [0, 0.05) is 33.9 Å². The maximum absolute atomic E-state index is 5.99. The molecule has 0 amide bonds. The molecule has 2 unspecified atom stereocenters. The maximum Gasteiger partial charge on any atom is 0.0565 e. The van der Waals surface area contributed by atoms with Crippen LogP contribution in [0.4, 0.5) is 0 Å². The van der Waals surface area contributed by atoms with E-state index in [4.69, 9.17) is 5.73 Å². The molecule has 2 heterocycles. The molecule has 1 aromatic heterocycles. The van der Waals surface area contributed by atoms with Crippen LogP contribution >= 0.6 is 27.3 Å². The molecule has 0 aliphatic carbocycles. The van der Waals surface area contributed by atoms with Crippen molar-refractivity contribution < 1.29 is 0 Å². The van der Waals surface area contributed by atoms with E-state index in [-0.39, 0.29) is 0 Å². The Morgan fingerprint density at radius 2 is 2.44 bits per heavy atom. The van der Waals surface area contributed by atoms with Crippen LogP contribution in [-0.2, 0) is 0 Å². The van der Waals surface area contributed by atoms with Gasteiger partial charge in [-0.1, -0.05) is 0 Å². The summed E-state index contributed by atoms with van der Waals surface area (Å²) in [5.74, 6) is 0. The van der Waals surface area contributed by atoms with Crippen LogP contribution in [0.15, 0.2) is 15.9 Å². The van der Waals surface area contributed by atoms with Crippen molar-refractivity contribution in [3.8, 4) is 0 Å². The first-order valence-corrected chi connectivity index (χ1v) is 8.13. The molecule has 18 heavy (non-hydrogen) atoms. The number of thiophene rings is 1. The lowest BCUT2D eigenvalue weighted by Crippen LogP contribution is -2.47. The monoisotopic (exact) mass is 331 g/mol. The molecule has 1 saturated heterocycles. The summed E-state index contributed by atoms with van der Waals surface area (Å²) in [5.41, 5.74) is 5.99. The molecule has 0 aromatic carbocycles. The number of likely N-dealkylation sites (tertiary alicyclic amines) is 1. The lowest BCUT2D eigenvalue weighted by Gasteiger charge is -2.39. The summed E-state index contributed by atoms with van der Waals surface area (Å²) >= 11 is 5.32. The van der Waals surface area contributed by atoms with E-state index in [9.17, 15) is 0 Å². The van der Waals surface area contributed by atoms with Gasteiger partial charge in [-0.05, 0) is 55.5 Å².